The number of ketones is 1. The van der Waals surface area contributed by atoms with Gasteiger partial charge in [0.2, 0.25) is 5.91 Å². The molecule has 35 heavy (non-hydrogen) atoms. The Hall–Kier alpha value is -3.34. The highest BCUT2D eigenvalue weighted by Gasteiger charge is 2.55. The maximum atomic E-state index is 13.2. The number of ether oxygens (including phenoxy) is 1. The van der Waals surface area contributed by atoms with Crippen molar-refractivity contribution in [1.82, 2.24) is 15.5 Å². The Bertz CT molecular complexity index is 1080. The Labute approximate surface area is 207 Å². The van der Waals surface area contributed by atoms with Crippen molar-refractivity contribution < 1.29 is 33.8 Å². The normalized spacial score (nSPS) is 20.5. The van der Waals surface area contributed by atoms with Crippen LogP contribution in [0.1, 0.15) is 46.2 Å². The molecule has 2 aliphatic heterocycles. The van der Waals surface area contributed by atoms with Gasteiger partial charge in [-0.3, -0.25) is 19.3 Å². The van der Waals surface area contributed by atoms with E-state index in [2.05, 4.69) is 10.6 Å². The molecule has 0 aliphatic carbocycles. The first-order chi connectivity index (χ1) is 16.3. The summed E-state index contributed by atoms with van der Waals surface area (Å²) in [4.78, 5) is 64.0. The first-order valence-electron chi connectivity index (χ1n) is 11.1. The van der Waals surface area contributed by atoms with E-state index in [4.69, 9.17) is 4.74 Å². The van der Waals surface area contributed by atoms with Crippen LogP contribution in [0, 0.1) is 5.92 Å². The largest absolute Gasteiger partial charge is 0.477 e. The zero-order valence-corrected chi connectivity index (χ0v) is 21.0. The number of aliphatic carboxylic acids is 1. The standard InChI is InChI=1S/C24H29N3O7S/c1-12(2)18(28)14-11-35-21-16(20(30)27(21)17(14)22(31)32)25-19(29)15(13-9-7-6-8-10-13)26-23(33)34-24(3,4)5/h6-10,12,15-16,21H,11H2,1-5H3,(H,25,29)(H,26,33)(H,31,32)/t15?,16?,21-/m0/s1. The highest BCUT2D eigenvalue weighted by Crippen LogP contribution is 2.41. The van der Waals surface area contributed by atoms with E-state index in [1.54, 1.807) is 65.0 Å². The Morgan fingerprint density at radius 3 is 2.31 bits per heavy atom. The van der Waals surface area contributed by atoms with Gasteiger partial charge in [-0.05, 0) is 26.3 Å². The van der Waals surface area contributed by atoms with E-state index in [0.29, 0.717) is 5.56 Å². The van der Waals surface area contributed by atoms with E-state index < -0.39 is 52.9 Å². The van der Waals surface area contributed by atoms with E-state index in [-0.39, 0.29) is 22.8 Å². The second-order valence-electron chi connectivity index (χ2n) is 9.54. The van der Waals surface area contributed by atoms with Gasteiger partial charge in [-0.15, -0.1) is 11.8 Å². The highest BCUT2D eigenvalue weighted by atomic mass is 32.2. The van der Waals surface area contributed by atoms with Crippen LogP contribution in [0.25, 0.3) is 0 Å². The number of benzene rings is 1. The van der Waals surface area contributed by atoms with Crippen molar-refractivity contribution in [3.8, 4) is 0 Å². The quantitative estimate of drug-likeness (QED) is 0.481. The minimum Gasteiger partial charge on any atom is -0.477 e. The molecule has 3 N–H and O–H groups in total. The molecule has 1 aromatic rings. The molecule has 2 unspecified atom stereocenters. The molecule has 2 heterocycles. The van der Waals surface area contributed by atoms with Crippen molar-refractivity contribution in [1.29, 1.82) is 0 Å². The lowest BCUT2D eigenvalue weighted by molar-refractivity contribution is -0.151. The number of β-lactam (4-membered cyclic amide) rings is 1. The Kier molecular flexibility index (Phi) is 7.59. The average Bonchev–Trinajstić information content (AvgIpc) is 2.78. The molecule has 10 nitrogen and oxygen atoms in total. The van der Waals surface area contributed by atoms with Gasteiger partial charge in [0.1, 0.15) is 28.8 Å². The molecule has 0 spiro atoms. The number of carboxylic acid groups (broad SMARTS) is 1. The summed E-state index contributed by atoms with van der Waals surface area (Å²) in [5.74, 6) is -3.30. The van der Waals surface area contributed by atoms with Gasteiger partial charge in [0.25, 0.3) is 5.91 Å². The maximum absolute atomic E-state index is 13.2. The summed E-state index contributed by atoms with van der Waals surface area (Å²) in [6.45, 7) is 8.40. The van der Waals surface area contributed by atoms with E-state index >= 15 is 0 Å². The van der Waals surface area contributed by atoms with Crippen LogP contribution in [0.3, 0.4) is 0 Å². The second kappa shape index (κ2) is 10.1. The lowest BCUT2D eigenvalue weighted by Gasteiger charge is -2.49. The Morgan fingerprint density at radius 1 is 1.14 bits per heavy atom. The number of carbonyl (C=O) groups excluding carboxylic acids is 4. The van der Waals surface area contributed by atoms with Gasteiger partial charge in [-0.25, -0.2) is 9.59 Å². The molecule has 3 amide bonds. The summed E-state index contributed by atoms with van der Waals surface area (Å²) in [6, 6.07) is 6.32. The fourth-order valence-electron chi connectivity index (χ4n) is 3.76. The first kappa shape index (κ1) is 26.3. The predicted molar refractivity (Wildman–Crippen MR) is 128 cm³/mol. The molecule has 1 aromatic carbocycles. The topological polar surface area (TPSA) is 142 Å². The minimum atomic E-state index is -1.37. The molecule has 0 aromatic heterocycles. The van der Waals surface area contributed by atoms with Crippen molar-refractivity contribution in [2.24, 2.45) is 5.92 Å². The first-order valence-corrected chi connectivity index (χ1v) is 12.2. The summed E-state index contributed by atoms with van der Waals surface area (Å²) in [5.41, 5.74) is -0.558. The summed E-state index contributed by atoms with van der Waals surface area (Å²) < 4.78 is 5.27. The number of hydrogen-bond donors (Lipinski definition) is 3. The van der Waals surface area contributed by atoms with Crippen LogP contribution in [0.4, 0.5) is 4.79 Å². The number of thioether (sulfide) groups is 1. The molecule has 2 aliphatic rings. The van der Waals surface area contributed by atoms with Crippen molar-refractivity contribution in [3.05, 3.63) is 47.2 Å². The summed E-state index contributed by atoms with van der Waals surface area (Å²) in [7, 11) is 0. The number of rotatable bonds is 7. The monoisotopic (exact) mass is 503 g/mol. The van der Waals surface area contributed by atoms with Crippen molar-refractivity contribution >= 4 is 41.4 Å². The van der Waals surface area contributed by atoms with E-state index in [1.807, 2.05) is 0 Å². The molecule has 188 valence electrons. The van der Waals surface area contributed by atoms with Crippen LogP contribution in [-0.4, -0.2) is 62.4 Å². The van der Waals surface area contributed by atoms with Gasteiger partial charge in [0.05, 0.1) is 0 Å². The Balaban J connectivity index is 1.81. The number of carbonyl (C=O) groups is 5. The maximum Gasteiger partial charge on any atom is 0.408 e. The average molecular weight is 504 g/mol. The van der Waals surface area contributed by atoms with Gasteiger partial charge in [0, 0.05) is 17.2 Å². The number of hydrogen-bond acceptors (Lipinski definition) is 7. The third-order valence-corrected chi connectivity index (χ3v) is 6.63. The van der Waals surface area contributed by atoms with E-state index in [0.717, 1.165) is 4.90 Å². The highest BCUT2D eigenvalue weighted by molar-refractivity contribution is 8.00. The van der Waals surface area contributed by atoms with Crippen LogP contribution in [0.15, 0.2) is 41.6 Å². The number of alkyl carbamates (subject to hydrolysis) is 1. The van der Waals surface area contributed by atoms with Crippen molar-refractivity contribution in [2.45, 2.75) is 57.7 Å². The number of nitrogens with zero attached hydrogens (tertiary/aromatic N) is 1. The predicted octanol–water partition coefficient (Wildman–Crippen LogP) is 2.22. The van der Waals surface area contributed by atoms with Crippen molar-refractivity contribution in [2.75, 3.05) is 5.75 Å². The SMILES string of the molecule is CC(C)C(=O)C1=C(C(=O)O)N2C(=O)C(NC(=O)C(NC(=O)OC(C)(C)C)c3ccccc3)[C@@H]2SC1. The number of amides is 3. The smallest absolute Gasteiger partial charge is 0.408 e. The summed E-state index contributed by atoms with van der Waals surface area (Å²) in [5, 5.41) is 14.2. The van der Waals surface area contributed by atoms with Gasteiger partial charge in [-0.2, -0.15) is 0 Å². The Morgan fingerprint density at radius 2 is 1.77 bits per heavy atom. The number of carboxylic acids is 1. The number of fused-ring (bicyclic) bond motifs is 1. The summed E-state index contributed by atoms with van der Waals surface area (Å²) in [6.07, 6.45) is -0.803. The number of Topliss-reactive ketones (excluding diaryl/α,β-unsaturated/α-hetero) is 1. The molecular formula is C24H29N3O7S. The zero-order chi connectivity index (χ0) is 26.1. The number of nitrogens with one attached hydrogen (secondary N) is 2. The molecule has 3 atom stereocenters. The van der Waals surface area contributed by atoms with Crippen molar-refractivity contribution in [3.63, 3.8) is 0 Å². The molecule has 3 rings (SSSR count). The fourth-order valence-corrected chi connectivity index (χ4v) is 5.12. The minimum absolute atomic E-state index is 0.0839. The molecule has 0 saturated carbocycles. The molecule has 1 saturated heterocycles. The van der Waals surface area contributed by atoms with Crippen LogP contribution in [0.2, 0.25) is 0 Å². The van der Waals surface area contributed by atoms with Gasteiger partial charge >= 0.3 is 12.1 Å². The summed E-state index contributed by atoms with van der Waals surface area (Å²) >= 11 is 1.21. The van der Waals surface area contributed by atoms with Crippen LogP contribution >= 0.6 is 11.8 Å². The zero-order valence-electron chi connectivity index (χ0n) is 20.2. The van der Waals surface area contributed by atoms with Crippen LogP contribution < -0.4 is 10.6 Å². The van der Waals surface area contributed by atoms with Crippen LogP contribution in [-0.2, 0) is 23.9 Å². The fraction of sp³-hybridized carbons (Fsp3) is 0.458. The second-order valence-corrected chi connectivity index (χ2v) is 10.6. The molecule has 0 radical (unpaired) electrons. The third kappa shape index (κ3) is 5.67. The lowest BCUT2D eigenvalue weighted by atomic mass is 9.96. The lowest BCUT2D eigenvalue weighted by Crippen LogP contribution is -2.71. The molecule has 0 bridgehead atoms. The van der Waals surface area contributed by atoms with Gasteiger partial charge in [-0.1, -0.05) is 44.2 Å². The molecule has 11 heteroatoms. The van der Waals surface area contributed by atoms with Gasteiger partial charge in [0.15, 0.2) is 5.78 Å². The molecular weight excluding hydrogens is 474 g/mol. The molecule has 1 fully saturated rings. The van der Waals surface area contributed by atoms with Crippen LogP contribution in [0.5, 0.6) is 0 Å². The van der Waals surface area contributed by atoms with E-state index in [1.165, 1.54) is 11.8 Å². The van der Waals surface area contributed by atoms with Gasteiger partial charge < -0.3 is 20.5 Å². The third-order valence-electron chi connectivity index (χ3n) is 5.35. The van der Waals surface area contributed by atoms with E-state index in [9.17, 15) is 29.1 Å².